The van der Waals surface area contributed by atoms with Gasteiger partial charge in [-0.2, -0.15) is 8.78 Å². The van der Waals surface area contributed by atoms with Crippen molar-refractivity contribution in [1.29, 1.82) is 0 Å². The number of hydrogen-bond acceptors (Lipinski definition) is 3. The Morgan fingerprint density at radius 1 is 1.24 bits per heavy atom. The highest BCUT2D eigenvalue weighted by molar-refractivity contribution is 5.92. The van der Waals surface area contributed by atoms with Crippen molar-refractivity contribution in [3.05, 3.63) is 65.6 Å². The number of pyridine rings is 1. The van der Waals surface area contributed by atoms with Gasteiger partial charge in [-0.15, -0.1) is 0 Å². The Hall–Kier alpha value is -2.96. The summed E-state index contributed by atoms with van der Waals surface area (Å²) in [5.74, 6) is -0.125. The number of carbonyl (C=O) groups is 1. The molecule has 0 aliphatic rings. The molecule has 25 heavy (non-hydrogen) atoms. The molecule has 1 amide bonds. The first-order valence-electron chi connectivity index (χ1n) is 7.68. The van der Waals surface area contributed by atoms with Crippen molar-refractivity contribution in [3.63, 3.8) is 0 Å². The molecule has 3 aromatic rings. The smallest absolute Gasteiger partial charge is 0.387 e. The molecule has 7 heteroatoms. The number of nitrogens with zero attached hydrogens (tertiary/aromatic N) is 3. The third-order valence-corrected chi connectivity index (χ3v) is 3.83. The number of amides is 1. The standard InChI is InChI=1S/C18H17F2N3O2/c1-12-4-3-5-16-21-15(11-23(12)16)17(24)22(2)10-13-6-8-14(9-7-13)25-18(19)20/h3-9,11,18H,10H2,1-2H3. The number of aryl methyl sites for hydroxylation is 1. The highest BCUT2D eigenvalue weighted by Gasteiger charge is 2.16. The molecular formula is C18H17F2N3O2. The third-order valence-electron chi connectivity index (χ3n) is 3.83. The highest BCUT2D eigenvalue weighted by atomic mass is 19.3. The van der Waals surface area contributed by atoms with Crippen LogP contribution < -0.4 is 4.74 Å². The van der Waals surface area contributed by atoms with Crippen LogP contribution in [0.4, 0.5) is 8.78 Å². The van der Waals surface area contributed by atoms with Crippen LogP contribution >= 0.6 is 0 Å². The summed E-state index contributed by atoms with van der Waals surface area (Å²) in [6, 6.07) is 11.9. The molecule has 0 atom stereocenters. The molecule has 0 N–H and O–H groups in total. The topological polar surface area (TPSA) is 46.8 Å². The van der Waals surface area contributed by atoms with Gasteiger partial charge in [-0.3, -0.25) is 4.79 Å². The minimum Gasteiger partial charge on any atom is -0.435 e. The molecule has 0 saturated heterocycles. The molecule has 5 nitrogen and oxygen atoms in total. The van der Waals surface area contributed by atoms with Gasteiger partial charge in [0, 0.05) is 25.5 Å². The van der Waals surface area contributed by atoms with Gasteiger partial charge >= 0.3 is 6.61 Å². The molecule has 130 valence electrons. The molecule has 0 aliphatic heterocycles. The Bertz CT molecular complexity index is 891. The van der Waals surface area contributed by atoms with E-state index in [1.807, 2.05) is 29.5 Å². The Labute approximate surface area is 143 Å². The third kappa shape index (κ3) is 3.76. The van der Waals surface area contributed by atoms with E-state index in [1.54, 1.807) is 25.4 Å². The fourth-order valence-electron chi connectivity index (χ4n) is 2.57. The second-order valence-corrected chi connectivity index (χ2v) is 5.71. The fourth-order valence-corrected chi connectivity index (χ4v) is 2.57. The van der Waals surface area contributed by atoms with E-state index in [0.717, 1.165) is 11.3 Å². The second kappa shape index (κ2) is 6.88. The summed E-state index contributed by atoms with van der Waals surface area (Å²) in [4.78, 5) is 18.4. The first-order chi connectivity index (χ1) is 11.9. The fraction of sp³-hybridized carbons (Fsp3) is 0.222. The zero-order valence-corrected chi connectivity index (χ0v) is 13.8. The lowest BCUT2D eigenvalue weighted by atomic mass is 10.2. The van der Waals surface area contributed by atoms with Crippen LogP contribution in [-0.2, 0) is 6.54 Å². The number of halogens is 2. The average molecular weight is 345 g/mol. The van der Waals surface area contributed by atoms with Crippen LogP contribution in [0.25, 0.3) is 5.65 Å². The van der Waals surface area contributed by atoms with Crippen molar-refractivity contribution in [3.8, 4) is 5.75 Å². The monoisotopic (exact) mass is 345 g/mol. The van der Waals surface area contributed by atoms with Crippen molar-refractivity contribution in [1.82, 2.24) is 14.3 Å². The Morgan fingerprint density at radius 3 is 2.60 bits per heavy atom. The van der Waals surface area contributed by atoms with Crippen molar-refractivity contribution in [2.75, 3.05) is 7.05 Å². The van der Waals surface area contributed by atoms with Gasteiger partial charge < -0.3 is 14.0 Å². The zero-order valence-electron chi connectivity index (χ0n) is 13.8. The molecule has 0 unspecified atom stereocenters. The van der Waals surface area contributed by atoms with E-state index < -0.39 is 6.61 Å². The molecule has 0 saturated carbocycles. The Morgan fingerprint density at radius 2 is 1.96 bits per heavy atom. The van der Waals surface area contributed by atoms with Gasteiger partial charge in [0.2, 0.25) is 0 Å². The molecule has 3 rings (SSSR count). The number of benzene rings is 1. The molecule has 0 spiro atoms. The van der Waals surface area contributed by atoms with Gasteiger partial charge in [-0.25, -0.2) is 4.98 Å². The lowest BCUT2D eigenvalue weighted by molar-refractivity contribution is -0.0498. The van der Waals surface area contributed by atoms with E-state index in [-0.39, 0.29) is 11.7 Å². The number of aromatic nitrogens is 2. The number of ether oxygens (including phenoxy) is 1. The number of imidazole rings is 1. The molecular weight excluding hydrogens is 328 g/mol. The maximum Gasteiger partial charge on any atom is 0.387 e. The van der Waals surface area contributed by atoms with E-state index in [2.05, 4.69) is 9.72 Å². The second-order valence-electron chi connectivity index (χ2n) is 5.71. The Balaban J connectivity index is 1.72. The van der Waals surface area contributed by atoms with Crippen LogP contribution in [0.15, 0.2) is 48.7 Å². The van der Waals surface area contributed by atoms with E-state index in [1.165, 1.54) is 17.0 Å². The largest absolute Gasteiger partial charge is 0.435 e. The molecule has 2 heterocycles. The van der Waals surface area contributed by atoms with Gasteiger partial charge in [0.15, 0.2) is 0 Å². The van der Waals surface area contributed by atoms with Crippen molar-refractivity contribution in [2.45, 2.75) is 20.1 Å². The molecule has 0 aliphatic carbocycles. The van der Waals surface area contributed by atoms with Crippen LogP contribution in [0.5, 0.6) is 5.75 Å². The summed E-state index contributed by atoms with van der Waals surface area (Å²) in [7, 11) is 1.67. The maximum atomic E-state index is 12.6. The number of rotatable bonds is 5. The van der Waals surface area contributed by atoms with E-state index >= 15 is 0 Å². The van der Waals surface area contributed by atoms with E-state index in [4.69, 9.17) is 0 Å². The number of hydrogen-bond donors (Lipinski definition) is 0. The highest BCUT2D eigenvalue weighted by Crippen LogP contribution is 2.17. The molecule has 0 fully saturated rings. The quantitative estimate of drug-likeness (QED) is 0.711. The minimum atomic E-state index is -2.85. The minimum absolute atomic E-state index is 0.0866. The zero-order chi connectivity index (χ0) is 18.0. The van der Waals surface area contributed by atoms with Crippen molar-refractivity contribution >= 4 is 11.6 Å². The van der Waals surface area contributed by atoms with Gasteiger partial charge in [0.25, 0.3) is 5.91 Å². The lowest BCUT2D eigenvalue weighted by Crippen LogP contribution is -2.26. The van der Waals surface area contributed by atoms with Gasteiger partial charge in [0.05, 0.1) is 0 Å². The summed E-state index contributed by atoms with van der Waals surface area (Å²) in [6.45, 7) is -0.579. The summed E-state index contributed by atoms with van der Waals surface area (Å²) in [5.41, 5.74) is 2.86. The number of alkyl halides is 2. The van der Waals surface area contributed by atoms with Crippen LogP contribution in [0.1, 0.15) is 21.7 Å². The predicted molar refractivity (Wildman–Crippen MR) is 88.8 cm³/mol. The summed E-state index contributed by atoms with van der Waals surface area (Å²) in [6.07, 6.45) is 1.71. The Kier molecular flexibility index (Phi) is 4.65. The first-order valence-corrected chi connectivity index (χ1v) is 7.68. The van der Waals surface area contributed by atoms with Crippen LogP contribution in [-0.4, -0.2) is 33.9 Å². The molecule has 1 aromatic carbocycles. The SMILES string of the molecule is Cc1cccc2nc(C(=O)N(C)Cc3ccc(OC(F)F)cc3)cn12. The van der Waals surface area contributed by atoms with Gasteiger partial charge in [0.1, 0.15) is 17.1 Å². The predicted octanol–water partition coefficient (Wildman–Crippen LogP) is 3.52. The lowest BCUT2D eigenvalue weighted by Gasteiger charge is -2.16. The number of fused-ring (bicyclic) bond motifs is 1. The van der Waals surface area contributed by atoms with Crippen LogP contribution in [0.2, 0.25) is 0 Å². The van der Waals surface area contributed by atoms with Gasteiger partial charge in [-0.05, 0) is 36.8 Å². The average Bonchev–Trinajstić information content (AvgIpc) is 3.01. The van der Waals surface area contributed by atoms with E-state index in [9.17, 15) is 13.6 Å². The number of carbonyl (C=O) groups excluding carboxylic acids is 1. The molecule has 0 bridgehead atoms. The first kappa shape index (κ1) is 16.9. The maximum absolute atomic E-state index is 12.6. The van der Waals surface area contributed by atoms with E-state index in [0.29, 0.717) is 17.9 Å². The van der Waals surface area contributed by atoms with Crippen LogP contribution in [0.3, 0.4) is 0 Å². The summed E-state index contributed by atoms with van der Waals surface area (Å²) < 4.78 is 30.5. The summed E-state index contributed by atoms with van der Waals surface area (Å²) in [5, 5.41) is 0. The summed E-state index contributed by atoms with van der Waals surface area (Å²) >= 11 is 0. The van der Waals surface area contributed by atoms with Gasteiger partial charge in [-0.1, -0.05) is 18.2 Å². The molecule has 2 aromatic heterocycles. The van der Waals surface area contributed by atoms with Crippen molar-refractivity contribution in [2.24, 2.45) is 0 Å². The normalized spacial score (nSPS) is 11.1. The van der Waals surface area contributed by atoms with Crippen LogP contribution in [0, 0.1) is 6.92 Å². The van der Waals surface area contributed by atoms with Crippen molar-refractivity contribution < 1.29 is 18.3 Å². The molecule has 0 radical (unpaired) electrons.